The first-order valence-corrected chi connectivity index (χ1v) is 8.96. The van der Waals surface area contributed by atoms with Crippen molar-refractivity contribution in [2.45, 2.75) is 30.5 Å². The highest BCUT2D eigenvalue weighted by atomic mass is 32.2. The molecule has 27 heavy (non-hydrogen) atoms. The summed E-state index contributed by atoms with van der Waals surface area (Å²) in [5, 5.41) is 9.01. The number of ether oxygens (including phenoxy) is 1. The van der Waals surface area contributed by atoms with Gasteiger partial charge in [-0.2, -0.15) is 5.26 Å². The number of aryl methyl sites for hydroxylation is 1. The number of nitriles is 1. The molecule has 1 fully saturated rings. The lowest BCUT2D eigenvalue weighted by atomic mass is 10.3. The Morgan fingerprint density at radius 2 is 1.96 bits per heavy atom. The molecular formula is C19H15N3O4S. The molecule has 8 heteroatoms. The summed E-state index contributed by atoms with van der Waals surface area (Å²) in [7, 11) is 0. The van der Waals surface area contributed by atoms with E-state index in [2.05, 4.69) is 11.1 Å². The summed E-state index contributed by atoms with van der Waals surface area (Å²) in [5.41, 5.74) is 1.50. The molecule has 1 aromatic heterocycles. The summed E-state index contributed by atoms with van der Waals surface area (Å²) in [4.78, 5) is 41.5. The van der Waals surface area contributed by atoms with Crippen LogP contribution >= 0.6 is 11.8 Å². The molecule has 1 unspecified atom stereocenters. The quantitative estimate of drug-likeness (QED) is 0.456. The number of anilines is 1. The molecule has 0 spiro atoms. The van der Waals surface area contributed by atoms with Crippen LogP contribution in [0.3, 0.4) is 0 Å². The zero-order chi connectivity index (χ0) is 19.6. The molecule has 136 valence electrons. The van der Waals surface area contributed by atoms with Gasteiger partial charge < -0.3 is 4.74 Å². The van der Waals surface area contributed by atoms with Crippen LogP contribution in [-0.2, 0) is 14.4 Å². The van der Waals surface area contributed by atoms with Gasteiger partial charge in [-0.25, -0.2) is 9.88 Å². The molecule has 1 atom stereocenters. The van der Waals surface area contributed by atoms with E-state index in [1.165, 1.54) is 19.1 Å². The third-order valence-electron chi connectivity index (χ3n) is 3.84. The van der Waals surface area contributed by atoms with E-state index in [4.69, 9.17) is 4.74 Å². The maximum atomic E-state index is 12.8. The van der Waals surface area contributed by atoms with Crippen LogP contribution in [0.4, 0.5) is 5.69 Å². The Balaban J connectivity index is 1.80. The zero-order valence-electron chi connectivity index (χ0n) is 14.6. The van der Waals surface area contributed by atoms with Gasteiger partial charge in [0.15, 0.2) is 0 Å². The highest BCUT2D eigenvalue weighted by molar-refractivity contribution is 8.00. The number of hydrogen-bond donors (Lipinski definition) is 0. The molecule has 7 nitrogen and oxygen atoms in total. The van der Waals surface area contributed by atoms with E-state index in [0.29, 0.717) is 22.0 Å². The van der Waals surface area contributed by atoms with E-state index in [1.807, 2.05) is 0 Å². The van der Waals surface area contributed by atoms with Crippen molar-refractivity contribution < 1.29 is 19.1 Å². The fourth-order valence-corrected chi connectivity index (χ4v) is 3.78. The van der Waals surface area contributed by atoms with Gasteiger partial charge in [-0.1, -0.05) is 11.8 Å². The first-order valence-electron chi connectivity index (χ1n) is 8.08. The lowest BCUT2D eigenvalue weighted by molar-refractivity contribution is -0.132. The number of nitrogens with zero attached hydrogens (tertiary/aromatic N) is 3. The molecule has 0 radical (unpaired) electrons. The molecule has 2 heterocycles. The molecule has 1 saturated heterocycles. The fraction of sp³-hybridized carbons (Fsp3) is 0.211. The van der Waals surface area contributed by atoms with Crippen molar-refractivity contribution in [2.75, 3.05) is 4.90 Å². The number of pyridine rings is 1. The Labute approximate surface area is 159 Å². The summed E-state index contributed by atoms with van der Waals surface area (Å²) in [6.45, 7) is 3.09. The van der Waals surface area contributed by atoms with Crippen LogP contribution in [0, 0.1) is 18.3 Å². The van der Waals surface area contributed by atoms with Crippen molar-refractivity contribution in [3.8, 4) is 11.8 Å². The predicted molar refractivity (Wildman–Crippen MR) is 98.2 cm³/mol. The Morgan fingerprint density at radius 3 is 2.59 bits per heavy atom. The van der Waals surface area contributed by atoms with E-state index >= 15 is 0 Å². The molecule has 3 rings (SSSR count). The van der Waals surface area contributed by atoms with E-state index in [0.717, 1.165) is 22.4 Å². The third-order valence-corrected chi connectivity index (χ3v) is 5.02. The Bertz CT molecular complexity index is 966. The summed E-state index contributed by atoms with van der Waals surface area (Å²) >= 11 is 1.12. The molecule has 0 aliphatic carbocycles. The zero-order valence-corrected chi connectivity index (χ0v) is 15.4. The first kappa shape index (κ1) is 18.6. The molecule has 0 saturated carbocycles. The maximum Gasteiger partial charge on any atom is 0.308 e. The Morgan fingerprint density at radius 1 is 1.26 bits per heavy atom. The first-order chi connectivity index (χ1) is 12.9. The molecule has 1 aliphatic rings. The summed E-state index contributed by atoms with van der Waals surface area (Å²) in [5.74, 6) is -0.813. The summed E-state index contributed by atoms with van der Waals surface area (Å²) in [6, 6.07) is 11.6. The normalized spacial score (nSPS) is 16.3. The highest BCUT2D eigenvalue weighted by Gasteiger charge is 2.40. The molecule has 1 aliphatic heterocycles. The smallest absolute Gasteiger partial charge is 0.308 e. The van der Waals surface area contributed by atoms with Crippen molar-refractivity contribution >= 4 is 35.2 Å². The highest BCUT2D eigenvalue weighted by Crippen LogP contribution is 2.35. The van der Waals surface area contributed by atoms with E-state index in [1.54, 1.807) is 31.2 Å². The largest absolute Gasteiger partial charge is 0.427 e. The molecule has 2 amide bonds. The van der Waals surface area contributed by atoms with Gasteiger partial charge in [0.2, 0.25) is 11.8 Å². The number of rotatable bonds is 4. The minimum atomic E-state index is -0.646. The third kappa shape index (κ3) is 3.99. The maximum absolute atomic E-state index is 12.8. The second kappa shape index (κ2) is 7.60. The van der Waals surface area contributed by atoms with Crippen molar-refractivity contribution in [3.63, 3.8) is 0 Å². The van der Waals surface area contributed by atoms with Gasteiger partial charge in [-0.15, -0.1) is 0 Å². The topological polar surface area (TPSA) is 100 Å². The van der Waals surface area contributed by atoms with Crippen molar-refractivity contribution in [1.82, 2.24) is 4.98 Å². The van der Waals surface area contributed by atoms with Crippen molar-refractivity contribution in [3.05, 3.63) is 47.7 Å². The average molecular weight is 381 g/mol. The second-order valence-corrected chi connectivity index (χ2v) is 7.07. The minimum Gasteiger partial charge on any atom is -0.427 e. The van der Waals surface area contributed by atoms with E-state index in [-0.39, 0.29) is 18.2 Å². The predicted octanol–water partition coefficient (Wildman–Crippen LogP) is 2.61. The van der Waals surface area contributed by atoms with Crippen LogP contribution in [0.2, 0.25) is 0 Å². The van der Waals surface area contributed by atoms with Crippen LogP contribution in [-0.4, -0.2) is 28.0 Å². The molecule has 0 N–H and O–H groups in total. The Kier molecular flexibility index (Phi) is 5.23. The van der Waals surface area contributed by atoms with Crippen LogP contribution in [0.25, 0.3) is 0 Å². The number of thioether (sulfide) groups is 1. The standard InChI is InChI=1S/C19H15N3O4S/c1-11-3-4-13(10-20)18(21-11)27-16-9-17(24)22(19(16)25)14-5-7-15(8-6-14)26-12(2)23/h3-8,16H,9H2,1-2H3. The van der Waals surface area contributed by atoms with Gasteiger partial charge in [-0.05, 0) is 43.3 Å². The number of amides is 2. The number of aromatic nitrogens is 1. The fourth-order valence-electron chi connectivity index (χ4n) is 2.64. The van der Waals surface area contributed by atoms with Crippen molar-refractivity contribution in [2.24, 2.45) is 0 Å². The number of carbonyl (C=O) groups excluding carboxylic acids is 3. The summed E-state index contributed by atoms with van der Waals surface area (Å²) in [6.07, 6.45) is 0.0235. The van der Waals surface area contributed by atoms with Crippen LogP contribution < -0.4 is 9.64 Å². The lowest BCUT2D eigenvalue weighted by Crippen LogP contribution is -2.31. The van der Waals surface area contributed by atoms with E-state index in [9.17, 15) is 19.6 Å². The SMILES string of the molecule is CC(=O)Oc1ccc(N2C(=O)CC(Sc3nc(C)ccc3C#N)C2=O)cc1. The van der Waals surface area contributed by atoms with Gasteiger partial charge in [0, 0.05) is 19.0 Å². The van der Waals surface area contributed by atoms with Gasteiger partial charge in [0.25, 0.3) is 0 Å². The van der Waals surface area contributed by atoms with Crippen LogP contribution in [0.15, 0.2) is 41.4 Å². The number of esters is 1. The van der Waals surface area contributed by atoms with Gasteiger partial charge in [-0.3, -0.25) is 14.4 Å². The molecular weight excluding hydrogens is 366 g/mol. The number of benzene rings is 1. The molecule has 2 aromatic rings. The number of carbonyl (C=O) groups is 3. The summed E-state index contributed by atoms with van der Waals surface area (Å²) < 4.78 is 4.95. The van der Waals surface area contributed by atoms with Crippen LogP contribution in [0.1, 0.15) is 24.6 Å². The van der Waals surface area contributed by atoms with Gasteiger partial charge in [0.05, 0.1) is 16.5 Å². The minimum absolute atomic E-state index is 0.0235. The van der Waals surface area contributed by atoms with Gasteiger partial charge >= 0.3 is 5.97 Å². The van der Waals surface area contributed by atoms with Crippen molar-refractivity contribution in [1.29, 1.82) is 5.26 Å². The molecule has 0 bridgehead atoms. The van der Waals surface area contributed by atoms with E-state index < -0.39 is 11.2 Å². The molecule has 1 aromatic carbocycles. The second-order valence-electron chi connectivity index (χ2n) is 5.88. The number of imide groups is 1. The van der Waals surface area contributed by atoms with Gasteiger partial charge in [0.1, 0.15) is 16.8 Å². The average Bonchev–Trinajstić information content (AvgIpc) is 2.89. The Hall–Kier alpha value is -3.18. The lowest BCUT2D eigenvalue weighted by Gasteiger charge is -2.15. The van der Waals surface area contributed by atoms with Crippen LogP contribution in [0.5, 0.6) is 5.75 Å². The monoisotopic (exact) mass is 381 g/mol. The number of hydrogen-bond acceptors (Lipinski definition) is 7.